The first-order valence-electron chi connectivity index (χ1n) is 11.1. The lowest BCUT2D eigenvalue weighted by Crippen LogP contribution is -2.22. The summed E-state index contributed by atoms with van der Waals surface area (Å²) in [6, 6.07) is 23.1. The monoisotopic (exact) mass is 518 g/mol. The predicted octanol–water partition coefficient (Wildman–Crippen LogP) is 7.32. The van der Waals surface area contributed by atoms with Crippen molar-refractivity contribution in [2.75, 3.05) is 18.1 Å². The number of benzene rings is 3. The number of halogens is 2. The van der Waals surface area contributed by atoms with Crippen molar-refractivity contribution in [3.8, 4) is 5.75 Å². The maximum absolute atomic E-state index is 10.9. The maximum atomic E-state index is 10.9. The summed E-state index contributed by atoms with van der Waals surface area (Å²) in [5.74, 6) is 1.53. The fourth-order valence-corrected chi connectivity index (χ4v) is 4.37. The van der Waals surface area contributed by atoms with Crippen molar-refractivity contribution in [1.29, 1.82) is 0 Å². The molecule has 180 valence electrons. The molecule has 0 fully saturated rings. The summed E-state index contributed by atoms with van der Waals surface area (Å²) in [7, 11) is 0. The molecule has 0 aliphatic heterocycles. The molecule has 0 spiro atoms. The van der Waals surface area contributed by atoms with Gasteiger partial charge in [-0.3, -0.25) is 0 Å². The van der Waals surface area contributed by atoms with Gasteiger partial charge in [-0.2, -0.15) is 11.8 Å². The quantitative estimate of drug-likeness (QED) is 0.240. The number of ether oxygens (including phenoxy) is 2. The SMILES string of the molecule is CC(Oc1ccc(CCCSCCOC(c2ccc(Cl)cc2)c2ccc(Cl)cc2)cc1)C(=O)O. The van der Waals surface area contributed by atoms with Crippen LogP contribution < -0.4 is 4.74 Å². The Labute approximate surface area is 215 Å². The van der Waals surface area contributed by atoms with Crippen LogP contribution in [0.4, 0.5) is 0 Å². The summed E-state index contributed by atoms with van der Waals surface area (Å²) in [5.41, 5.74) is 3.32. The molecular formula is C27H28Cl2O4S. The Morgan fingerprint density at radius 2 is 1.44 bits per heavy atom. The standard InChI is InChI=1S/C27H28Cl2O4S/c1-19(27(30)31)33-25-14-4-20(5-15-25)3-2-17-34-18-16-32-26(21-6-10-23(28)11-7-21)22-8-12-24(29)13-9-22/h4-15,19,26H,2-3,16-18H2,1H3,(H,30,31). The zero-order valence-corrected chi connectivity index (χ0v) is 21.3. The fourth-order valence-electron chi connectivity index (χ4n) is 3.35. The Bertz CT molecular complexity index is 979. The lowest BCUT2D eigenvalue weighted by atomic mass is 10.0. The zero-order chi connectivity index (χ0) is 24.3. The molecule has 0 saturated carbocycles. The number of rotatable bonds is 13. The van der Waals surface area contributed by atoms with Gasteiger partial charge >= 0.3 is 5.97 Å². The van der Waals surface area contributed by atoms with Gasteiger partial charge in [-0.25, -0.2) is 4.79 Å². The number of aliphatic carboxylic acids is 1. The molecule has 0 aliphatic rings. The minimum absolute atomic E-state index is 0.167. The smallest absolute Gasteiger partial charge is 0.344 e. The third kappa shape index (κ3) is 8.55. The molecule has 1 atom stereocenters. The number of carbonyl (C=O) groups is 1. The number of carboxylic acid groups (broad SMARTS) is 1. The van der Waals surface area contributed by atoms with Gasteiger partial charge in [0.2, 0.25) is 0 Å². The van der Waals surface area contributed by atoms with E-state index in [1.807, 2.05) is 84.6 Å². The van der Waals surface area contributed by atoms with Crippen LogP contribution in [0.1, 0.15) is 36.1 Å². The minimum atomic E-state index is -0.974. The van der Waals surface area contributed by atoms with Crippen LogP contribution in [-0.4, -0.2) is 35.3 Å². The molecule has 0 aliphatic carbocycles. The normalized spacial score (nSPS) is 12.0. The molecule has 3 aromatic carbocycles. The van der Waals surface area contributed by atoms with E-state index in [2.05, 4.69) is 0 Å². The highest BCUT2D eigenvalue weighted by molar-refractivity contribution is 7.99. The zero-order valence-electron chi connectivity index (χ0n) is 19.0. The van der Waals surface area contributed by atoms with Crippen molar-refractivity contribution in [2.45, 2.75) is 32.0 Å². The van der Waals surface area contributed by atoms with Gasteiger partial charge < -0.3 is 14.6 Å². The van der Waals surface area contributed by atoms with Crippen molar-refractivity contribution >= 4 is 40.9 Å². The first-order chi connectivity index (χ1) is 16.4. The number of hydrogen-bond donors (Lipinski definition) is 1. The van der Waals surface area contributed by atoms with E-state index in [1.54, 1.807) is 0 Å². The van der Waals surface area contributed by atoms with E-state index in [-0.39, 0.29) is 6.10 Å². The van der Waals surface area contributed by atoms with E-state index in [0.29, 0.717) is 22.4 Å². The van der Waals surface area contributed by atoms with Gasteiger partial charge in [-0.05, 0) is 78.6 Å². The molecule has 0 bridgehead atoms. The summed E-state index contributed by atoms with van der Waals surface area (Å²) >= 11 is 14.0. The summed E-state index contributed by atoms with van der Waals surface area (Å²) in [4.78, 5) is 10.9. The van der Waals surface area contributed by atoms with Gasteiger partial charge in [0.1, 0.15) is 11.9 Å². The third-order valence-corrected chi connectivity index (χ3v) is 6.73. The summed E-state index contributed by atoms with van der Waals surface area (Å²) in [6.45, 7) is 2.15. The maximum Gasteiger partial charge on any atom is 0.344 e. The van der Waals surface area contributed by atoms with Crippen LogP contribution in [0.2, 0.25) is 10.0 Å². The van der Waals surface area contributed by atoms with E-state index in [4.69, 9.17) is 37.8 Å². The summed E-state index contributed by atoms with van der Waals surface area (Å²) in [5, 5.41) is 10.3. The van der Waals surface area contributed by atoms with E-state index in [0.717, 1.165) is 35.5 Å². The van der Waals surface area contributed by atoms with Crippen LogP contribution >= 0.6 is 35.0 Å². The van der Waals surface area contributed by atoms with Crippen LogP contribution in [-0.2, 0) is 16.0 Å². The molecule has 7 heteroatoms. The number of thioether (sulfide) groups is 1. The lowest BCUT2D eigenvalue weighted by Gasteiger charge is -2.19. The van der Waals surface area contributed by atoms with Crippen molar-refractivity contribution in [2.24, 2.45) is 0 Å². The van der Waals surface area contributed by atoms with Crippen LogP contribution in [0, 0.1) is 0 Å². The summed E-state index contributed by atoms with van der Waals surface area (Å²) < 4.78 is 11.6. The molecule has 0 radical (unpaired) electrons. The third-order valence-electron chi connectivity index (χ3n) is 5.20. The van der Waals surface area contributed by atoms with Crippen LogP contribution in [0.3, 0.4) is 0 Å². The largest absolute Gasteiger partial charge is 0.479 e. The van der Waals surface area contributed by atoms with E-state index < -0.39 is 12.1 Å². The molecule has 0 saturated heterocycles. The molecule has 0 amide bonds. The van der Waals surface area contributed by atoms with Crippen LogP contribution in [0.25, 0.3) is 0 Å². The average molecular weight is 519 g/mol. The molecule has 0 heterocycles. The van der Waals surface area contributed by atoms with Crippen LogP contribution in [0.15, 0.2) is 72.8 Å². The van der Waals surface area contributed by atoms with Crippen molar-refractivity contribution < 1.29 is 19.4 Å². The summed E-state index contributed by atoms with van der Waals surface area (Å²) in [6.07, 6.45) is 0.984. The van der Waals surface area contributed by atoms with E-state index in [1.165, 1.54) is 12.5 Å². The van der Waals surface area contributed by atoms with Crippen LogP contribution in [0.5, 0.6) is 5.75 Å². The minimum Gasteiger partial charge on any atom is -0.479 e. The van der Waals surface area contributed by atoms with Gasteiger partial charge in [0.25, 0.3) is 0 Å². The Morgan fingerprint density at radius 3 is 1.97 bits per heavy atom. The number of aryl methyl sites for hydroxylation is 1. The Kier molecular flexibility index (Phi) is 10.6. The Morgan fingerprint density at radius 1 is 0.882 bits per heavy atom. The molecule has 0 aromatic heterocycles. The second-order valence-corrected chi connectivity index (χ2v) is 9.91. The molecule has 1 unspecified atom stereocenters. The Balaban J connectivity index is 1.40. The second kappa shape index (κ2) is 13.6. The van der Waals surface area contributed by atoms with Crippen molar-refractivity contribution in [1.82, 2.24) is 0 Å². The van der Waals surface area contributed by atoms with Gasteiger partial charge in [0, 0.05) is 15.8 Å². The van der Waals surface area contributed by atoms with E-state index >= 15 is 0 Å². The topological polar surface area (TPSA) is 55.8 Å². The highest BCUT2D eigenvalue weighted by Crippen LogP contribution is 2.28. The molecule has 3 rings (SSSR count). The van der Waals surface area contributed by atoms with Gasteiger partial charge in [-0.1, -0.05) is 59.6 Å². The predicted molar refractivity (Wildman–Crippen MR) is 141 cm³/mol. The number of carboxylic acids is 1. The van der Waals surface area contributed by atoms with Crippen molar-refractivity contribution in [3.63, 3.8) is 0 Å². The highest BCUT2D eigenvalue weighted by atomic mass is 35.5. The molecular weight excluding hydrogens is 491 g/mol. The molecule has 3 aromatic rings. The molecule has 34 heavy (non-hydrogen) atoms. The lowest BCUT2D eigenvalue weighted by molar-refractivity contribution is -0.144. The first-order valence-corrected chi connectivity index (χ1v) is 13.0. The molecule has 1 N–H and O–H groups in total. The van der Waals surface area contributed by atoms with Gasteiger partial charge in [-0.15, -0.1) is 0 Å². The average Bonchev–Trinajstić information content (AvgIpc) is 2.83. The first kappa shape index (κ1) is 26.4. The highest BCUT2D eigenvalue weighted by Gasteiger charge is 2.15. The Hall–Kier alpha value is -2.18. The second-order valence-electron chi connectivity index (χ2n) is 7.81. The molecule has 4 nitrogen and oxygen atoms in total. The number of hydrogen-bond acceptors (Lipinski definition) is 4. The van der Waals surface area contributed by atoms with Crippen molar-refractivity contribution in [3.05, 3.63) is 99.5 Å². The van der Waals surface area contributed by atoms with Gasteiger partial charge in [0.05, 0.1) is 6.61 Å². The van der Waals surface area contributed by atoms with E-state index in [9.17, 15) is 4.79 Å². The van der Waals surface area contributed by atoms with Gasteiger partial charge in [0.15, 0.2) is 6.10 Å². The fraction of sp³-hybridized carbons (Fsp3) is 0.296.